The van der Waals surface area contributed by atoms with E-state index in [2.05, 4.69) is 96.9 Å². The van der Waals surface area contributed by atoms with Gasteiger partial charge in [0.1, 0.15) is 28.4 Å². The number of imidazole rings is 2. The maximum Gasteiger partial charge on any atom is 0.410 e. The van der Waals surface area contributed by atoms with Crippen LogP contribution < -0.4 is 10.6 Å². The summed E-state index contributed by atoms with van der Waals surface area (Å²) in [5.41, 5.74) is 12.3. The molecule has 4 aliphatic heterocycles. The van der Waals surface area contributed by atoms with Gasteiger partial charge in [0.05, 0.1) is 30.0 Å². The van der Waals surface area contributed by atoms with E-state index in [0.29, 0.717) is 60.3 Å². The Balaban J connectivity index is 0.000000157. The van der Waals surface area contributed by atoms with Gasteiger partial charge in [-0.1, -0.05) is 76.8 Å². The number of pyridine rings is 2. The first-order valence-corrected chi connectivity index (χ1v) is 36.8. The normalized spacial score (nSPS) is 22.7. The summed E-state index contributed by atoms with van der Waals surface area (Å²) in [6.45, 7) is 23.1. The Kier molecular flexibility index (Phi) is 21.3. The number of ether oxygens (including phenoxy) is 2. The van der Waals surface area contributed by atoms with Crippen LogP contribution in [0.15, 0.2) is 73.6 Å². The van der Waals surface area contributed by atoms with E-state index in [-0.39, 0.29) is 24.1 Å². The van der Waals surface area contributed by atoms with E-state index in [1.165, 1.54) is 108 Å². The highest BCUT2D eigenvalue weighted by Gasteiger charge is 2.37. The second kappa shape index (κ2) is 30.5. The first-order chi connectivity index (χ1) is 47.2. The van der Waals surface area contributed by atoms with Crippen molar-refractivity contribution in [1.82, 2.24) is 75.2 Å². The van der Waals surface area contributed by atoms with Gasteiger partial charge in [0.25, 0.3) is 11.8 Å². The van der Waals surface area contributed by atoms with E-state index in [1.54, 1.807) is 17.3 Å². The second-order valence-corrected chi connectivity index (χ2v) is 29.7. The number of nitrogens with zero attached hydrogens (tertiary/aromatic N) is 10. The molecule has 97 heavy (non-hydrogen) atoms. The number of H-pyrrole nitrogens is 3. The molecule has 8 aromatic rings. The smallest absolute Gasteiger partial charge is 0.410 e. The molecule has 6 aromatic heterocycles. The molecule has 0 bridgehead atoms. The summed E-state index contributed by atoms with van der Waals surface area (Å²) < 4.78 is 13.8. The van der Waals surface area contributed by atoms with Gasteiger partial charge in [-0.15, -0.1) is 0 Å². The fourth-order valence-electron chi connectivity index (χ4n) is 16.7. The van der Waals surface area contributed by atoms with E-state index in [9.17, 15) is 14.4 Å². The van der Waals surface area contributed by atoms with Gasteiger partial charge in [-0.2, -0.15) is 10.2 Å². The summed E-state index contributed by atoms with van der Waals surface area (Å²) in [4.78, 5) is 70.7. The molecule has 7 atom stereocenters. The lowest BCUT2D eigenvalue weighted by Crippen LogP contribution is -2.44. The van der Waals surface area contributed by atoms with E-state index < -0.39 is 5.60 Å². The molecule has 15 rings (SSSR count). The molecule has 7 aliphatic rings. The highest BCUT2D eigenvalue weighted by atomic mass is 16.6. The van der Waals surface area contributed by atoms with Crippen LogP contribution in [0.1, 0.15) is 200 Å². The van der Waals surface area contributed by atoms with Crippen LogP contribution in [0.5, 0.6) is 0 Å². The van der Waals surface area contributed by atoms with Crippen LogP contribution in [0, 0.1) is 49.4 Å². The number of carbonyl (C=O) groups is 3. The van der Waals surface area contributed by atoms with Crippen molar-refractivity contribution in [3.05, 3.63) is 107 Å². The minimum absolute atomic E-state index is 0.0128. The topological polar surface area (TPSA) is 233 Å². The van der Waals surface area contributed by atoms with E-state index in [4.69, 9.17) is 19.6 Å². The molecule has 2 aromatic carbocycles. The minimum atomic E-state index is -0.575. The van der Waals surface area contributed by atoms with Gasteiger partial charge in [-0.25, -0.2) is 19.4 Å². The summed E-state index contributed by atoms with van der Waals surface area (Å²) in [6, 6.07) is 12.6. The van der Waals surface area contributed by atoms with Gasteiger partial charge in [-0.3, -0.25) is 24.7 Å². The Hall–Kier alpha value is -7.81. The molecule has 4 saturated heterocycles. The lowest BCUT2D eigenvalue weighted by Gasteiger charge is -2.41. The zero-order valence-corrected chi connectivity index (χ0v) is 58.5. The summed E-state index contributed by atoms with van der Waals surface area (Å²) in [7, 11) is 0. The molecule has 20 nitrogen and oxygen atoms in total. The van der Waals surface area contributed by atoms with Crippen molar-refractivity contribution >= 4 is 39.7 Å². The van der Waals surface area contributed by atoms with Crippen molar-refractivity contribution in [2.75, 3.05) is 59.0 Å². The molecular weight excluding hydrogens is 1210 g/mol. The standard InChI is InChI=1S/C39H51N7O4.C29H35N7O.C9H17N/c1-6-44(38(48)50-39(3,4)5)24-29-20-40-21-31(25(29)2)27-14-15-33-30(19-27)35(43-46(33)34-13-9-10-18-49-34)36-41-22-32(42-36)37(47)45-17-16-26-11-7-8-12-28(26)23-45;1-3-30-13-22-14-31-15-24(18(22)2)20-8-9-25-23(12-20)27(35-34-25)28-32-16-26(33-28)29(37)36-11-10-19-6-4-5-7-21(19)17-36;1-2-4-9-7-10-6-5-8(9)3-1/h14-15,19-22,26,28,34H,6-13,16-18,23-24H2,1-5H3,(H,41,42);8-9,12,14-16,19,21,30H,3-7,10-11,13,17H2,1-2H3,(H,32,33)(H,34,35);8-10H,1-7H2. The number of hydrogen-bond donors (Lipinski definition) is 5. The molecule has 3 saturated carbocycles. The molecule has 10 heterocycles. The Morgan fingerprint density at radius 2 is 1.21 bits per heavy atom. The lowest BCUT2D eigenvalue weighted by atomic mass is 9.75. The average Bonchev–Trinajstić information content (AvgIpc) is 1.63. The fourth-order valence-corrected chi connectivity index (χ4v) is 16.7. The summed E-state index contributed by atoms with van der Waals surface area (Å²) in [5, 5.41) is 21.5. The molecular formula is C77H103N15O5. The zero-order valence-electron chi connectivity index (χ0n) is 58.5. The number of hydrogen-bond acceptors (Lipinski definition) is 13. The number of amides is 3. The van der Waals surface area contributed by atoms with Crippen molar-refractivity contribution < 1.29 is 23.9 Å². The minimum Gasteiger partial charge on any atom is -0.444 e. The summed E-state index contributed by atoms with van der Waals surface area (Å²) >= 11 is 0. The SMILES string of the molecule is C1CCC2CNCCC2C1.CCN(Cc1cncc(-c2ccc3c(c2)c(-c2ncc(C(=O)N4CCC5CCCCC5C4)[nH]2)nn3C2CCCCO2)c1C)C(=O)OC(C)(C)C.CCNCc1cncc(-c2ccc3[nH]nc(-c4ncc(C(=O)N5CCC6CCCCC6C5)[nH]4)c3c2)c1C. The monoisotopic (exact) mass is 1320 g/mol. The van der Waals surface area contributed by atoms with Crippen LogP contribution in [-0.4, -0.2) is 147 Å². The molecule has 516 valence electrons. The van der Waals surface area contributed by atoms with Gasteiger partial charge in [-0.05, 0) is 212 Å². The largest absolute Gasteiger partial charge is 0.444 e. The maximum atomic E-state index is 13.7. The first-order valence-electron chi connectivity index (χ1n) is 36.8. The fraction of sp³-hybridized carbons (Fsp3) is 0.571. The number of rotatable bonds is 13. The van der Waals surface area contributed by atoms with Gasteiger partial charge in [0.15, 0.2) is 17.9 Å². The summed E-state index contributed by atoms with van der Waals surface area (Å²) in [5.74, 6) is 6.17. The maximum absolute atomic E-state index is 13.7. The molecule has 3 aliphatic carbocycles. The van der Waals surface area contributed by atoms with Crippen LogP contribution in [0.25, 0.3) is 67.1 Å². The predicted molar refractivity (Wildman–Crippen MR) is 380 cm³/mol. The van der Waals surface area contributed by atoms with E-state index in [0.717, 1.165) is 156 Å². The van der Waals surface area contributed by atoms with Gasteiger partial charge >= 0.3 is 6.09 Å². The van der Waals surface area contributed by atoms with Crippen molar-refractivity contribution in [1.29, 1.82) is 0 Å². The third kappa shape index (κ3) is 15.4. The Labute approximate surface area is 572 Å². The number of fused-ring (bicyclic) bond motifs is 5. The van der Waals surface area contributed by atoms with Crippen LogP contribution in [0.4, 0.5) is 4.79 Å². The Morgan fingerprint density at radius 1 is 0.639 bits per heavy atom. The number of carbonyl (C=O) groups excluding carboxylic acids is 3. The van der Waals surface area contributed by atoms with Crippen molar-refractivity contribution in [2.24, 2.45) is 35.5 Å². The number of benzene rings is 2. The third-order valence-electron chi connectivity index (χ3n) is 22.3. The Morgan fingerprint density at radius 3 is 1.80 bits per heavy atom. The third-order valence-corrected chi connectivity index (χ3v) is 22.3. The van der Waals surface area contributed by atoms with Gasteiger partial charge in [0.2, 0.25) is 0 Å². The molecule has 20 heteroatoms. The number of piperidine rings is 3. The number of aromatic nitrogens is 10. The molecule has 7 fully saturated rings. The highest BCUT2D eigenvalue weighted by Crippen LogP contribution is 2.41. The molecule has 7 unspecified atom stereocenters. The molecule has 5 N–H and O–H groups in total. The van der Waals surface area contributed by atoms with Crippen LogP contribution >= 0.6 is 0 Å². The lowest BCUT2D eigenvalue weighted by molar-refractivity contribution is -0.0365. The second-order valence-electron chi connectivity index (χ2n) is 29.7. The number of likely N-dealkylation sites (tertiary alicyclic amines) is 2. The van der Waals surface area contributed by atoms with Crippen molar-refractivity contribution in [3.63, 3.8) is 0 Å². The van der Waals surface area contributed by atoms with Crippen LogP contribution in [0.2, 0.25) is 0 Å². The predicted octanol–water partition coefficient (Wildman–Crippen LogP) is 14.8. The van der Waals surface area contributed by atoms with Gasteiger partial charge in [0, 0.05) is 92.6 Å². The van der Waals surface area contributed by atoms with Crippen LogP contribution in [0.3, 0.4) is 0 Å². The van der Waals surface area contributed by atoms with Gasteiger partial charge < -0.3 is 44.8 Å². The quantitative estimate of drug-likeness (QED) is 0.0724. The van der Waals surface area contributed by atoms with Crippen molar-refractivity contribution in [3.8, 4) is 45.3 Å². The average molecular weight is 1320 g/mol. The Bertz CT molecular complexity index is 3990. The van der Waals surface area contributed by atoms with Crippen molar-refractivity contribution in [2.45, 2.75) is 189 Å². The molecule has 0 radical (unpaired) electrons. The van der Waals surface area contributed by atoms with E-state index in [1.807, 2.05) is 73.0 Å². The number of nitrogens with one attached hydrogen (secondary N) is 5. The highest BCUT2D eigenvalue weighted by molar-refractivity contribution is 5.98. The zero-order chi connectivity index (χ0) is 67.2. The number of aromatic amines is 3. The molecule has 3 amide bonds. The van der Waals surface area contributed by atoms with E-state index >= 15 is 0 Å². The molecule has 0 spiro atoms. The first kappa shape index (κ1) is 67.7. The van der Waals surface area contributed by atoms with Crippen LogP contribution in [-0.2, 0) is 22.6 Å². The summed E-state index contributed by atoms with van der Waals surface area (Å²) in [6.07, 6.45) is 33.3.